The van der Waals surface area contributed by atoms with Crippen LogP contribution in [-0.4, -0.2) is 103 Å². The number of ether oxygens (including phenoxy) is 2. The molecule has 0 amide bonds. The van der Waals surface area contributed by atoms with Crippen molar-refractivity contribution in [1.29, 1.82) is 0 Å². The highest BCUT2D eigenvalue weighted by atomic mass is 16.5. The molecule has 0 bridgehead atoms. The molecular formula is C24H39N3O4. The zero-order valence-electron chi connectivity index (χ0n) is 18.9. The topological polar surface area (TPSA) is 68.6 Å². The van der Waals surface area contributed by atoms with Crippen LogP contribution in [-0.2, 0) is 6.54 Å². The van der Waals surface area contributed by atoms with Crippen LogP contribution in [0, 0.1) is 5.92 Å². The Kier molecular flexibility index (Phi) is 8.07. The molecule has 1 unspecified atom stereocenters. The number of nitrogens with zero attached hydrogens (tertiary/aromatic N) is 3. The normalized spacial score (nSPS) is 23.1. The SMILES string of the molecule is COc1ccc(OCC(O)CN2CCC(O)CC2)c(CN2CCN(CC3CC3)CC2)c1. The minimum absolute atomic E-state index is 0.193. The standard InChI is InChI=1S/C24H39N3O4/c1-30-23-4-5-24(31-18-22(29)17-25-8-6-21(28)7-9-25)20(14-23)16-27-12-10-26(11-13-27)15-19-2-3-19/h4-5,14,19,21-22,28-29H,2-3,6-13,15-18H2,1H3. The van der Waals surface area contributed by atoms with Gasteiger partial charge in [0.25, 0.3) is 0 Å². The summed E-state index contributed by atoms with van der Waals surface area (Å²) in [7, 11) is 1.69. The van der Waals surface area contributed by atoms with E-state index in [1.54, 1.807) is 7.11 Å². The van der Waals surface area contributed by atoms with Gasteiger partial charge in [-0.2, -0.15) is 0 Å². The molecule has 1 atom stereocenters. The Labute approximate surface area is 186 Å². The zero-order valence-corrected chi connectivity index (χ0v) is 18.9. The number of piperazine rings is 1. The van der Waals surface area contributed by atoms with Crippen molar-refractivity contribution >= 4 is 0 Å². The third-order valence-corrected chi connectivity index (χ3v) is 6.80. The number of piperidine rings is 1. The molecule has 174 valence electrons. The lowest BCUT2D eigenvalue weighted by atomic mass is 10.1. The average Bonchev–Trinajstić information content (AvgIpc) is 3.60. The highest BCUT2D eigenvalue weighted by Crippen LogP contribution is 2.30. The highest BCUT2D eigenvalue weighted by molar-refractivity contribution is 5.40. The molecule has 2 heterocycles. The summed E-state index contributed by atoms with van der Waals surface area (Å²) in [6, 6.07) is 5.94. The summed E-state index contributed by atoms with van der Waals surface area (Å²) in [6.45, 7) is 9.06. The second-order valence-electron chi connectivity index (χ2n) is 9.49. The van der Waals surface area contributed by atoms with Gasteiger partial charge in [0.15, 0.2) is 0 Å². The maximum absolute atomic E-state index is 10.5. The maximum atomic E-state index is 10.5. The lowest BCUT2D eigenvalue weighted by molar-refractivity contribution is 0.0334. The molecule has 2 saturated heterocycles. The molecule has 7 nitrogen and oxygen atoms in total. The molecule has 31 heavy (non-hydrogen) atoms. The maximum Gasteiger partial charge on any atom is 0.124 e. The van der Waals surface area contributed by atoms with Gasteiger partial charge < -0.3 is 29.5 Å². The van der Waals surface area contributed by atoms with Crippen LogP contribution in [0.1, 0.15) is 31.2 Å². The first-order valence-corrected chi connectivity index (χ1v) is 11.9. The van der Waals surface area contributed by atoms with Gasteiger partial charge in [-0.3, -0.25) is 4.90 Å². The summed E-state index contributed by atoms with van der Waals surface area (Å²) in [5, 5.41) is 20.1. The molecule has 0 aromatic heterocycles. The van der Waals surface area contributed by atoms with Crippen molar-refractivity contribution in [2.24, 2.45) is 5.92 Å². The fourth-order valence-electron chi connectivity index (χ4n) is 4.62. The van der Waals surface area contributed by atoms with E-state index < -0.39 is 6.10 Å². The van der Waals surface area contributed by atoms with Crippen LogP contribution in [0.25, 0.3) is 0 Å². The molecule has 4 rings (SSSR count). The molecule has 1 saturated carbocycles. The fraction of sp³-hybridized carbons (Fsp3) is 0.750. The molecule has 3 fully saturated rings. The minimum atomic E-state index is -0.545. The van der Waals surface area contributed by atoms with E-state index in [0.29, 0.717) is 6.54 Å². The molecule has 1 aromatic rings. The Morgan fingerprint density at radius 1 is 0.968 bits per heavy atom. The molecule has 2 aliphatic heterocycles. The number of aliphatic hydroxyl groups excluding tert-OH is 2. The number of benzene rings is 1. The Bertz CT molecular complexity index is 683. The monoisotopic (exact) mass is 433 g/mol. The van der Waals surface area contributed by atoms with Crippen molar-refractivity contribution in [2.45, 2.75) is 44.4 Å². The average molecular weight is 434 g/mol. The second kappa shape index (κ2) is 11.0. The first-order chi connectivity index (χ1) is 15.1. The quantitative estimate of drug-likeness (QED) is 0.578. The molecule has 3 aliphatic rings. The van der Waals surface area contributed by atoms with Gasteiger partial charge in [-0.05, 0) is 49.8 Å². The van der Waals surface area contributed by atoms with Crippen molar-refractivity contribution in [2.75, 3.05) is 66.1 Å². The van der Waals surface area contributed by atoms with Gasteiger partial charge in [0.2, 0.25) is 0 Å². The van der Waals surface area contributed by atoms with E-state index in [4.69, 9.17) is 9.47 Å². The van der Waals surface area contributed by atoms with E-state index in [-0.39, 0.29) is 12.7 Å². The second-order valence-corrected chi connectivity index (χ2v) is 9.49. The first kappa shape index (κ1) is 22.8. The van der Waals surface area contributed by atoms with Crippen LogP contribution < -0.4 is 9.47 Å². The third kappa shape index (κ3) is 7.05. The van der Waals surface area contributed by atoms with Gasteiger partial charge in [0.05, 0.1) is 13.2 Å². The van der Waals surface area contributed by atoms with Gasteiger partial charge in [-0.1, -0.05) is 0 Å². The number of hydrogen-bond acceptors (Lipinski definition) is 7. The summed E-state index contributed by atoms with van der Waals surface area (Å²) in [6.07, 6.45) is 3.65. The fourth-order valence-corrected chi connectivity index (χ4v) is 4.62. The predicted molar refractivity (Wildman–Crippen MR) is 121 cm³/mol. The van der Waals surface area contributed by atoms with Crippen molar-refractivity contribution in [3.05, 3.63) is 23.8 Å². The van der Waals surface area contributed by atoms with Crippen molar-refractivity contribution in [3.8, 4) is 11.5 Å². The third-order valence-electron chi connectivity index (χ3n) is 6.80. The lowest BCUT2D eigenvalue weighted by Crippen LogP contribution is -2.46. The van der Waals surface area contributed by atoms with Crippen LogP contribution in [0.4, 0.5) is 0 Å². The number of likely N-dealkylation sites (tertiary alicyclic amines) is 1. The largest absolute Gasteiger partial charge is 0.497 e. The number of methoxy groups -OCH3 is 1. The molecule has 2 N–H and O–H groups in total. The van der Waals surface area contributed by atoms with E-state index in [2.05, 4.69) is 20.8 Å². The zero-order chi connectivity index (χ0) is 21.6. The van der Waals surface area contributed by atoms with E-state index in [1.807, 2.05) is 12.1 Å². The van der Waals surface area contributed by atoms with Gasteiger partial charge in [-0.15, -0.1) is 0 Å². The lowest BCUT2D eigenvalue weighted by Gasteiger charge is -2.35. The summed E-state index contributed by atoms with van der Waals surface area (Å²) in [5.41, 5.74) is 1.11. The Hall–Kier alpha value is -1.38. The number of rotatable bonds is 10. The summed E-state index contributed by atoms with van der Waals surface area (Å²) in [4.78, 5) is 7.30. The Morgan fingerprint density at radius 2 is 1.68 bits per heavy atom. The van der Waals surface area contributed by atoms with Gasteiger partial charge >= 0.3 is 0 Å². The van der Waals surface area contributed by atoms with Crippen LogP contribution >= 0.6 is 0 Å². The van der Waals surface area contributed by atoms with Crippen LogP contribution in [0.3, 0.4) is 0 Å². The first-order valence-electron chi connectivity index (χ1n) is 11.9. The Balaban J connectivity index is 1.28. The highest BCUT2D eigenvalue weighted by Gasteiger charge is 2.27. The van der Waals surface area contributed by atoms with Gasteiger partial charge in [-0.25, -0.2) is 0 Å². The van der Waals surface area contributed by atoms with E-state index >= 15 is 0 Å². The van der Waals surface area contributed by atoms with E-state index in [0.717, 1.165) is 81.6 Å². The van der Waals surface area contributed by atoms with Gasteiger partial charge in [0, 0.05) is 64.5 Å². The molecule has 7 heteroatoms. The van der Waals surface area contributed by atoms with Crippen LogP contribution in [0.15, 0.2) is 18.2 Å². The van der Waals surface area contributed by atoms with Crippen molar-refractivity contribution in [1.82, 2.24) is 14.7 Å². The molecule has 1 aliphatic carbocycles. The van der Waals surface area contributed by atoms with Crippen LogP contribution in [0.5, 0.6) is 11.5 Å². The van der Waals surface area contributed by atoms with E-state index in [9.17, 15) is 10.2 Å². The Morgan fingerprint density at radius 3 is 2.35 bits per heavy atom. The number of hydrogen-bond donors (Lipinski definition) is 2. The predicted octanol–water partition coefficient (Wildman–Crippen LogP) is 1.42. The summed E-state index contributed by atoms with van der Waals surface area (Å²) >= 11 is 0. The molecular weight excluding hydrogens is 394 g/mol. The molecule has 0 radical (unpaired) electrons. The summed E-state index contributed by atoms with van der Waals surface area (Å²) < 4.78 is 11.5. The van der Waals surface area contributed by atoms with Gasteiger partial charge in [0.1, 0.15) is 24.2 Å². The summed E-state index contributed by atoms with van der Waals surface area (Å²) in [5.74, 6) is 2.61. The minimum Gasteiger partial charge on any atom is -0.497 e. The molecule has 0 spiro atoms. The van der Waals surface area contributed by atoms with Crippen molar-refractivity contribution < 1.29 is 19.7 Å². The van der Waals surface area contributed by atoms with Crippen LogP contribution in [0.2, 0.25) is 0 Å². The van der Waals surface area contributed by atoms with Crippen molar-refractivity contribution in [3.63, 3.8) is 0 Å². The number of aliphatic hydroxyl groups is 2. The number of β-amino-alcohol motifs (C(OH)–C–C–N with tert-alkyl or cyclic N) is 1. The van der Waals surface area contributed by atoms with E-state index in [1.165, 1.54) is 19.4 Å². The molecule has 1 aromatic carbocycles. The smallest absolute Gasteiger partial charge is 0.124 e.